The van der Waals surface area contributed by atoms with Gasteiger partial charge in [0, 0.05) is 12.4 Å². The van der Waals surface area contributed by atoms with Crippen LogP contribution in [0.4, 0.5) is 4.79 Å². The molecule has 0 bridgehead atoms. The van der Waals surface area contributed by atoms with E-state index in [0.29, 0.717) is 0 Å². The van der Waals surface area contributed by atoms with E-state index in [2.05, 4.69) is 0 Å². The van der Waals surface area contributed by atoms with Gasteiger partial charge in [-0.2, -0.15) is 11.3 Å². The van der Waals surface area contributed by atoms with Crippen LogP contribution in [0.15, 0.2) is 53.5 Å². The van der Waals surface area contributed by atoms with Crippen LogP contribution in [0.2, 0.25) is 0 Å². The van der Waals surface area contributed by atoms with Crippen molar-refractivity contribution in [2.45, 2.75) is 6.04 Å². The molecule has 1 atom stereocenters. The van der Waals surface area contributed by atoms with Gasteiger partial charge in [-0.3, -0.25) is 14.3 Å². The second-order valence-corrected chi connectivity index (χ2v) is 6.18. The third-order valence-corrected chi connectivity index (χ3v) is 4.12. The first-order chi connectivity index (χ1) is 11.4. The van der Waals surface area contributed by atoms with Gasteiger partial charge in [-0.15, -0.1) is 0 Å². The zero-order chi connectivity index (χ0) is 17.7. The predicted molar refractivity (Wildman–Crippen MR) is 95.3 cm³/mol. The number of rotatable bonds is 3. The highest BCUT2D eigenvalue weighted by atomic mass is 32.1. The second-order valence-electron chi connectivity index (χ2n) is 5.40. The fourth-order valence-electron chi connectivity index (χ4n) is 2.34. The SMILES string of the molecule is CN(C)C(C(N)=O)c1ccsc1.O=C(O)n1cc2ccccc2c1. The van der Waals surface area contributed by atoms with Gasteiger partial charge in [0.25, 0.3) is 0 Å². The smallest absolute Gasteiger partial charge is 0.415 e. The van der Waals surface area contributed by atoms with Gasteiger partial charge in [0.1, 0.15) is 6.04 Å². The molecule has 0 spiro atoms. The monoisotopic (exact) mass is 345 g/mol. The first kappa shape index (κ1) is 17.7. The lowest BCUT2D eigenvalue weighted by Crippen LogP contribution is -2.32. The number of nitrogens with zero attached hydrogens (tertiary/aromatic N) is 2. The Bertz CT molecular complexity index is 792. The van der Waals surface area contributed by atoms with Gasteiger partial charge >= 0.3 is 6.09 Å². The third kappa shape index (κ3) is 4.21. The predicted octanol–water partition coefficient (Wildman–Crippen LogP) is 3.00. The molecule has 2 heterocycles. The van der Waals surface area contributed by atoms with Crippen LogP contribution in [0.5, 0.6) is 0 Å². The Kier molecular flexibility index (Phi) is 5.73. The van der Waals surface area contributed by atoms with Gasteiger partial charge < -0.3 is 10.8 Å². The van der Waals surface area contributed by atoms with E-state index < -0.39 is 6.09 Å². The fraction of sp³-hybridized carbons (Fsp3) is 0.176. The zero-order valence-corrected chi connectivity index (χ0v) is 14.2. The minimum Gasteiger partial charge on any atom is -0.464 e. The van der Waals surface area contributed by atoms with Gasteiger partial charge in [-0.25, -0.2) is 4.79 Å². The Labute approximate surface area is 143 Å². The second kappa shape index (κ2) is 7.76. The molecule has 1 unspecified atom stereocenters. The highest BCUT2D eigenvalue weighted by Gasteiger charge is 2.19. The van der Waals surface area contributed by atoms with Crippen molar-refractivity contribution >= 4 is 34.1 Å². The summed E-state index contributed by atoms with van der Waals surface area (Å²) in [6.45, 7) is 0. The molecule has 1 amide bonds. The molecule has 3 rings (SSSR count). The number of likely N-dealkylation sites (N-methyl/N-ethyl adjacent to an activating group) is 1. The number of hydrogen-bond donors (Lipinski definition) is 2. The van der Waals surface area contributed by atoms with Crippen LogP contribution in [-0.4, -0.2) is 40.7 Å². The molecule has 7 heteroatoms. The molecule has 0 saturated heterocycles. The van der Waals surface area contributed by atoms with Crippen LogP contribution >= 0.6 is 11.3 Å². The minimum atomic E-state index is -0.953. The summed E-state index contributed by atoms with van der Waals surface area (Å²) in [5.74, 6) is -0.307. The van der Waals surface area contributed by atoms with Crippen molar-refractivity contribution in [2.75, 3.05) is 14.1 Å². The molecular formula is C17H19N3O3S. The van der Waals surface area contributed by atoms with E-state index in [1.54, 1.807) is 23.7 Å². The minimum absolute atomic E-state index is 0.295. The summed E-state index contributed by atoms with van der Waals surface area (Å²) in [5.41, 5.74) is 6.22. The number of benzene rings is 1. The van der Waals surface area contributed by atoms with Crippen LogP contribution in [0.3, 0.4) is 0 Å². The Morgan fingerprint density at radius 3 is 2.12 bits per heavy atom. The Balaban J connectivity index is 0.000000174. The maximum atomic E-state index is 11.0. The van der Waals surface area contributed by atoms with Crippen molar-refractivity contribution in [2.24, 2.45) is 5.73 Å². The molecule has 3 aromatic rings. The number of carboxylic acid groups (broad SMARTS) is 1. The number of carbonyl (C=O) groups is 2. The largest absolute Gasteiger partial charge is 0.464 e. The van der Waals surface area contributed by atoms with Crippen LogP contribution in [0.25, 0.3) is 10.8 Å². The van der Waals surface area contributed by atoms with E-state index in [1.807, 2.05) is 60.1 Å². The standard InChI is InChI=1S/C9H7NO2.C8H12N2OS/c11-9(12)10-5-7-3-1-2-4-8(7)6-10;1-10(2)7(8(9)11)6-3-4-12-5-6/h1-6H,(H,11,12);3-5,7H,1-2H3,(H2,9,11). The van der Waals surface area contributed by atoms with E-state index in [0.717, 1.165) is 20.9 Å². The van der Waals surface area contributed by atoms with Gasteiger partial charge in [0.05, 0.1) is 0 Å². The fourth-order valence-corrected chi connectivity index (χ4v) is 3.02. The molecule has 3 N–H and O–H groups in total. The number of nitrogens with two attached hydrogens (primary N) is 1. The summed E-state index contributed by atoms with van der Waals surface area (Å²) >= 11 is 1.57. The lowest BCUT2D eigenvalue weighted by atomic mass is 10.1. The Morgan fingerprint density at radius 2 is 1.75 bits per heavy atom. The quantitative estimate of drug-likeness (QED) is 0.764. The normalized spacial score (nSPS) is 11.8. The van der Waals surface area contributed by atoms with E-state index in [1.165, 1.54) is 0 Å². The molecule has 0 aliphatic carbocycles. The van der Waals surface area contributed by atoms with E-state index in [4.69, 9.17) is 10.8 Å². The van der Waals surface area contributed by atoms with E-state index in [-0.39, 0.29) is 11.9 Å². The number of carbonyl (C=O) groups excluding carboxylic acids is 1. The average molecular weight is 345 g/mol. The molecule has 126 valence electrons. The average Bonchev–Trinajstić information content (AvgIpc) is 3.15. The van der Waals surface area contributed by atoms with Crippen molar-refractivity contribution in [1.29, 1.82) is 0 Å². The van der Waals surface area contributed by atoms with Crippen LogP contribution in [0, 0.1) is 0 Å². The van der Waals surface area contributed by atoms with Crippen molar-refractivity contribution < 1.29 is 14.7 Å². The molecule has 2 aromatic heterocycles. The van der Waals surface area contributed by atoms with Gasteiger partial charge in [0.2, 0.25) is 5.91 Å². The lowest BCUT2D eigenvalue weighted by molar-refractivity contribution is -0.122. The molecule has 0 aliphatic heterocycles. The molecule has 1 aromatic carbocycles. The number of hydrogen-bond acceptors (Lipinski definition) is 4. The number of aromatic nitrogens is 1. The van der Waals surface area contributed by atoms with Gasteiger partial charge in [-0.05, 0) is 47.3 Å². The molecule has 0 radical (unpaired) electrons. The van der Waals surface area contributed by atoms with E-state index >= 15 is 0 Å². The number of thiophene rings is 1. The first-order valence-electron chi connectivity index (χ1n) is 7.18. The summed E-state index contributed by atoms with van der Waals surface area (Å²) in [5, 5.41) is 14.4. The number of primary amides is 1. The maximum absolute atomic E-state index is 11.0. The Morgan fingerprint density at radius 1 is 1.17 bits per heavy atom. The topological polar surface area (TPSA) is 88.6 Å². The number of fused-ring (bicyclic) bond motifs is 1. The zero-order valence-electron chi connectivity index (χ0n) is 13.4. The lowest BCUT2D eigenvalue weighted by Gasteiger charge is -2.19. The van der Waals surface area contributed by atoms with Crippen molar-refractivity contribution in [3.8, 4) is 0 Å². The summed E-state index contributed by atoms with van der Waals surface area (Å²) in [6.07, 6.45) is 2.24. The van der Waals surface area contributed by atoms with Crippen LogP contribution < -0.4 is 5.73 Å². The molecule has 6 nitrogen and oxygen atoms in total. The maximum Gasteiger partial charge on any atom is 0.415 e. The summed E-state index contributed by atoms with van der Waals surface area (Å²) in [7, 11) is 3.68. The Hall–Kier alpha value is -2.64. The summed E-state index contributed by atoms with van der Waals surface area (Å²) in [4.78, 5) is 23.4. The van der Waals surface area contributed by atoms with Crippen molar-refractivity contribution in [3.05, 3.63) is 59.0 Å². The van der Waals surface area contributed by atoms with Crippen molar-refractivity contribution in [3.63, 3.8) is 0 Å². The molecule has 0 saturated carbocycles. The third-order valence-electron chi connectivity index (χ3n) is 3.42. The van der Waals surface area contributed by atoms with Crippen LogP contribution in [-0.2, 0) is 4.79 Å². The van der Waals surface area contributed by atoms with Crippen LogP contribution in [0.1, 0.15) is 11.6 Å². The molecule has 0 fully saturated rings. The van der Waals surface area contributed by atoms with Gasteiger partial charge in [-0.1, -0.05) is 24.3 Å². The van der Waals surface area contributed by atoms with E-state index in [9.17, 15) is 9.59 Å². The number of amides is 1. The highest BCUT2D eigenvalue weighted by molar-refractivity contribution is 7.08. The molecule has 0 aliphatic rings. The summed E-state index contributed by atoms with van der Waals surface area (Å²) < 4.78 is 1.16. The molecule has 24 heavy (non-hydrogen) atoms. The summed E-state index contributed by atoms with van der Waals surface area (Å²) in [6, 6.07) is 9.16. The first-order valence-corrected chi connectivity index (χ1v) is 8.12. The molecular weight excluding hydrogens is 326 g/mol. The highest BCUT2D eigenvalue weighted by Crippen LogP contribution is 2.19. The van der Waals surface area contributed by atoms with Gasteiger partial charge in [0.15, 0.2) is 0 Å². The van der Waals surface area contributed by atoms with Crippen molar-refractivity contribution in [1.82, 2.24) is 9.47 Å².